The fraction of sp³-hybridized carbons (Fsp3) is 1.00. The molecule has 0 aromatic heterocycles. The van der Waals surface area contributed by atoms with Crippen LogP contribution in [0.1, 0.15) is 162 Å². The maximum atomic E-state index is 10.7. The first-order valence-corrected chi connectivity index (χ1v) is 13.6. The van der Waals surface area contributed by atoms with Crippen LogP contribution in [0.4, 0.5) is 0 Å². The standard InChI is InChI=1S/C27H55NO/c1-3-5-7-9-11-13-15-17-19-21-23-25-27(26-28-29)24-22-20-18-16-14-12-10-8-6-4-2/h27H,3-26H2,1-2H3. The monoisotopic (exact) mass is 409 g/mol. The minimum absolute atomic E-state index is 0.551. The molecule has 0 aliphatic rings. The highest BCUT2D eigenvalue weighted by Crippen LogP contribution is 2.20. The number of nitrogens with zero attached hydrogens (tertiary/aromatic N) is 1. The molecule has 0 spiro atoms. The first-order valence-electron chi connectivity index (χ1n) is 13.6. The van der Waals surface area contributed by atoms with Crippen molar-refractivity contribution in [1.29, 1.82) is 0 Å². The lowest BCUT2D eigenvalue weighted by atomic mass is 9.94. The molecule has 174 valence electrons. The Bertz CT molecular complexity index is 305. The molecule has 0 aliphatic heterocycles. The average molecular weight is 410 g/mol. The molecule has 2 nitrogen and oxygen atoms in total. The summed E-state index contributed by atoms with van der Waals surface area (Å²) in [5.41, 5.74) is 0. The van der Waals surface area contributed by atoms with Crippen LogP contribution in [0.15, 0.2) is 5.18 Å². The van der Waals surface area contributed by atoms with Crippen LogP contribution in [-0.2, 0) is 0 Å². The summed E-state index contributed by atoms with van der Waals surface area (Å²) in [5, 5.41) is 3.22. The summed E-state index contributed by atoms with van der Waals surface area (Å²) in [4.78, 5) is 10.7. The normalized spacial score (nSPS) is 12.3. The Labute approximate surface area is 184 Å². The molecule has 0 aromatic carbocycles. The van der Waals surface area contributed by atoms with Crippen LogP contribution in [0.3, 0.4) is 0 Å². The highest BCUT2D eigenvalue weighted by Gasteiger charge is 2.08. The molecule has 0 heterocycles. The second kappa shape index (κ2) is 25.6. The van der Waals surface area contributed by atoms with Crippen LogP contribution < -0.4 is 0 Å². The van der Waals surface area contributed by atoms with Gasteiger partial charge in [0.25, 0.3) is 0 Å². The minimum atomic E-state index is 0.551. The van der Waals surface area contributed by atoms with E-state index in [4.69, 9.17) is 0 Å². The Morgan fingerprint density at radius 2 is 0.724 bits per heavy atom. The van der Waals surface area contributed by atoms with Crippen LogP contribution in [0.25, 0.3) is 0 Å². The third-order valence-electron chi connectivity index (χ3n) is 6.51. The number of rotatable bonds is 25. The third kappa shape index (κ3) is 23.7. The summed E-state index contributed by atoms with van der Waals surface area (Å²) in [7, 11) is 0. The maximum absolute atomic E-state index is 10.7. The van der Waals surface area contributed by atoms with Crippen molar-refractivity contribution in [2.75, 3.05) is 6.54 Å². The van der Waals surface area contributed by atoms with Crippen molar-refractivity contribution in [1.82, 2.24) is 0 Å². The first-order chi connectivity index (χ1) is 14.3. The van der Waals surface area contributed by atoms with Crippen LogP contribution in [-0.4, -0.2) is 6.54 Å². The highest BCUT2D eigenvalue weighted by atomic mass is 16.3. The van der Waals surface area contributed by atoms with Crippen molar-refractivity contribution in [2.45, 2.75) is 162 Å². The Morgan fingerprint density at radius 1 is 0.448 bits per heavy atom. The molecule has 0 bridgehead atoms. The lowest BCUT2D eigenvalue weighted by molar-refractivity contribution is 0.409. The van der Waals surface area contributed by atoms with Crippen molar-refractivity contribution in [2.24, 2.45) is 11.1 Å². The molecular weight excluding hydrogens is 354 g/mol. The van der Waals surface area contributed by atoms with E-state index in [1.165, 1.54) is 148 Å². The van der Waals surface area contributed by atoms with Gasteiger partial charge < -0.3 is 0 Å². The third-order valence-corrected chi connectivity index (χ3v) is 6.51. The smallest absolute Gasteiger partial charge is 0.0839 e. The van der Waals surface area contributed by atoms with Gasteiger partial charge in [-0.05, 0) is 18.8 Å². The molecule has 2 heteroatoms. The fourth-order valence-electron chi connectivity index (χ4n) is 4.45. The van der Waals surface area contributed by atoms with E-state index in [1.807, 2.05) is 0 Å². The molecule has 0 radical (unpaired) electrons. The molecule has 0 aliphatic carbocycles. The van der Waals surface area contributed by atoms with Gasteiger partial charge in [-0.3, -0.25) is 0 Å². The Morgan fingerprint density at radius 3 is 1.00 bits per heavy atom. The SMILES string of the molecule is CCCCCCCCCCCCCC(CCCCCCCCCCCC)CN=O. The lowest BCUT2D eigenvalue weighted by Gasteiger charge is -2.13. The molecule has 0 rings (SSSR count). The zero-order valence-corrected chi connectivity index (χ0v) is 20.4. The molecule has 29 heavy (non-hydrogen) atoms. The summed E-state index contributed by atoms with van der Waals surface area (Å²) >= 11 is 0. The number of unbranched alkanes of at least 4 members (excludes halogenated alkanes) is 19. The Kier molecular flexibility index (Phi) is 25.3. The molecule has 1 atom stereocenters. The van der Waals surface area contributed by atoms with E-state index in [-0.39, 0.29) is 0 Å². The number of hydrogen-bond acceptors (Lipinski definition) is 2. The van der Waals surface area contributed by atoms with Crippen molar-refractivity contribution in [3.63, 3.8) is 0 Å². The maximum Gasteiger partial charge on any atom is 0.0839 e. The van der Waals surface area contributed by atoms with Crippen LogP contribution in [0.2, 0.25) is 0 Å². The predicted molar refractivity (Wildman–Crippen MR) is 132 cm³/mol. The van der Waals surface area contributed by atoms with E-state index < -0.39 is 0 Å². The molecule has 0 saturated carbocycles. The molecule has 0 saturated heterocycles. The van der Waals surface area contributed by atoms with Gasteiger partial charge >= 0.3 is 0 Å². The number of hydrogen-bond donors (Lipinski definition) is 0. The predicted octanol–water partition coefficient (Wildman–Crippen LogP) is 10.4. The molecule has 0 N–H and O–H groups in total. The van der Waals surface area contributed by atoms with Crippen LogP contribution >= 0.6 is 0 Å². The summed E-state index contributed by atoms with van der Waals surface area (Å²) in [6.45, 7) is 5.12. The zero-order valence-electron chi connectivity index (χ0n) is 20.4. The van der Waals surface area contributed by atoms with Crippen molar-refractivity contribution in [3.8, 4) is 0 Å². The second-order valence-corrected chi connectivity index (χ2v) is 9.47. The van der Waals surface area contributed by atoms with E-state index in [9.17, 15) is 4.91 Å². The number of nitroso groups, excluding NO2 is 1. The largest absolute Gasteiger partial charge is 0.151 e. The van der Waals surface area contributed by atoms with Gasteiger partial charge in [0.15, 0.2) is 0 Å². The lowest BCUT2D eigenvalue weighted by Crippen LogP contribution is -2.04. The molecule has 0 fully saturated rings. The van der Waals surface area contributed by atoms with Crippen molar-refractivity contribution >= 4 is 0 Å². The zero-order chi connectivity index (χ0) is 21.3. The van der Waals surface area contributed by atoms with Crippen molar-refractivity contribution in [3.05, 3.63) is 4.91 Å². The topological polar surface area (TPSA) is 29.4 Å². The summed E-state index contributed by atoms with van der Waals surface area (Å²) in [6, 6.07) is 0. The van der Waals surface area contributed by atoms with Gasteiger partial charge in [-0.1, -0.05) is 154 Å². The van der Waals surface area contributed by atoms with Crippen molar-refractivity contribution < 1.29 is 0 Å². The summed E-state index contributed by atoms with van der Waals surface area (Å²) < 4.78 is 0. The molecule has 1 unspecified atom stereocenters. The quantitative estimate of drug-likeness (QED) is 0.109. The second-order valence-electron chi connectivity index (χ2n) is 9.47. The van der Waals surface area contributed by atoms with E-state index in [0.717, 1.165) is 0 Å². The van der Waals surface area contributed by atoms with Gasteiger partial charge in [0, 0.05) is 0 Å². The minimum Gasteiger partial charge on any atom is -0.151 e. The van der Waals surface area contributed by atoms with Gasteiger partial charge in [-0.15, -0.1) is 0 Å². The van der Waals surface area contributed by atoms with E-state index in [0.29, 0.717) is 12.5 Å². The van der Waals surface area contributed by atoms with Crippen LogP contribution in [0, 0.1) is 10.8 Å². The molecule has 0 aromatic rings. The Balaban J connectivity index is 3.41. The highest BCUT2D eigenvalue weighted by molar-refractivity contribution is 4.63. The van der Waals surface area contributed by atoms with Crippen LogP contribution in [0.5, 0.6) is 0 Å². The van der Waals surface area contributed by atoms with Gasteiger partial charge in [0.05, 0.1) is 6.54 Å². The fourth-order valence-corrected chi connectivity index (χ4v) is 4.45. The van der Waals surface area contributed by atoms with E-state index >= 15 is 0 Å². The van der Waals surface area contributed by atoms with Gasteiger partial charge in [0.2, 0.25) is 0 Å². The molecule has 0 amide bonds. The first kappa shape index (κ1) is 28.6. The molecular formula is C27H55NO. The van der Waals surface area contributed by atoms with E-state index in [1.54, 1.807) is 0 Å². The average Bonchev–Trinajstić information content (AvgIpc) is 2.73. The van der Waals surface area contributed by atoms with E-state index in [2.05, 4.69) is 19.0 Å². The van der Waals surface area contributed by atoms with Gasteiger partial charge in [-0.2, -0.15) is 4.91 Å². The Hall–Kier alpha value is -0.400. The van der Waals surface area contributed by atoms with Gasteiger partial charge in [0.1, 0.15) is 0 Å². The summed E-state index contributed by atoms with van der Waals surface area (Å²) in [5.74, 6) is 0.556. The summed E-state index contributed by atoms with van der Waals surface area (Å²) in [6.07, 6.45) is 31.7. The van der Waals surface area contributed by atoms with Gasteiger partial charge in [-0.25, -0.2) is 0 Å².